The maximum Gasteiger partial charge on any atom is 0.239 e. The predicted octanol–water partition coefficient (Wildman–Crippen LogP) is -1.61. The molecule has 10 heteroatoms. The lowest BCUT2D eigenvalue weighted by atomic mass is 10.1. The van der Waals surface area contributed by atoms with Gasteiger partial charge in [0.1, 0.15) is 5.50 Å². The summed E-state index contributed by atoms with van der Waals surface area (Å²) in [5.74, 6) is -0.287. The molecule has 19 heavy (non-hydrogen) atoms. The highest BCUT2D eigenvalue weighted by molar-refractivity contribution is 8.13. The Kier molecular flexibility index (Phi) is 5.59. The maximum absolute atomic E-state index is 11.8. The number of rotatable bonds is 5. The Balaban J connectivity index is 2.65. The van der Waals surface area contributed by atoms with E-state index in [9.17, 15) is 13.2 Å². The zero-order valence-corrected chi connectivity index (χ0v) is 13.0. The van der Waals surface area contributed by atoms with E-state index >= 15 is 0 Å². The number of sulfonamides is 1. The van der Waals surface area contributed by atoms with Crippen LogP contribution in [0.25, 0.3) is 0 Å². The Hall–Kier alpha value is -0.390. The Labute approximate surface area is 117 Å². The molecule has 0 bridgehead atoms. The van der Waals surface area contributed by atoms with Gasteiger partial charge in [0.25, 0.3) is 0 Å². The summed E-state index contributed by atoms with van der Waals surface area (Å²) in [6, 6.07) is -0.617. The van der Waals surface area contributed by atoms with Gasteiger partial charge in [0.2, 0.25) is 15.9 Å². The molecule has 0 spiro atoms. The molecule has 1 amide bonds. The summed E-state index contributed by atoms with van der Waals surface area (Å²) in [4.78, 5) is 11.8. The topological polar surface area (TPSA) is 117 Å². The van der Waals surface area contributed by atoms with Crippen LogP contribution in [0.2, 0.25) is 0 Å². The smallest absolute Gasteiger partial charge is 0.239 e. The molecule has 1 aliphatic rings. The zero-order chi connectivity index (χ0) is 14.8. The van der Waals surface area contributed by atoms with E-state index in [0.717, 1.165) is 11.8 Å². The van der Waals surface area contributed by atoms with Crippen molar-refractivity contribution < 1.29 is 13.2 Å². The molecule has 1 fully saturated rings. The van der Waals surface area contributed by atoms with E-state index in [1.165, 1.54) is 12.1 Å². The van der Waals surface area contributed by atoms with Crippen molar-refractivity contribution in [3.63, 3.8) is 0 Å². The predicted molar refractivity (Wildman–Crippen MR) is 75.0 cm³/mol. The van der Waals surface area contributed by atoms with Crippen LogP contribution >= 0.6 is 11.8 Å². The van der Waals surface area contributed by atoms with Crippen LogP contribution in [0.1, 0.15) is 13.8 Å². The molecule has 5 N–H and O–H groups in total. The second-order valence-corrected chi connectivity index (χ2v) is 8.05. The molecule has 0 aliphatic carbocycles. The lowest BCUT2D eigenvalue weighted by Crippen LogP contribution is -2.51. The van der Waals surface area contributed by atoms with Gasteiger partial charge in [-0.05, 0) is 13.0 Å². The number of hydrogen-bond donors (Lipinski definition) is 4. The SMILES string of the molecule is CNS(=O)(=O)C1NN(C)C(NC(=O)[C@@H](N)C(C)C)S1. The molecule has 2 unspecified atom stereocenters. The fourth-order valence-corrected chi connectivity index (χ4v) is 3.97. The molecule has 3 atom stereocenters. The summed E-state index contributed by atoms with van der Waals surface area (Å²) in [5.41, 5.74) is 8.02. The van der Waals surface area contributed by atoms with Crippen LogP contribution in [0.15, 0.2) is 0 Å². The van der Waals surface area contributed by atoms with Gasteiger partial charge in [-0.15, -0.1) is 0 Å². The fraction of sp³-hybridized carbons (Fsp3) is 0.889. The van der Waals surface area contributed by atoms with Crippen LogP contribution in [0, 0.1) is 5.92 Å². The van der Waals surface area contributed by atoms with Gasteiger partial charge >= 0.3 is 0 Å². The highest BCUT2D eigenvalue weighted by atomic mass is 32.3. The molecular formula is C9H21N5O3S2. The van der Waals surface area contributed by atoms with Gasteiger partial charge in [-0.1, -0.05) is 25.6 Å². The Morgan fingerprint density at radius 3 is 2.53 bits per heavy atom. The molecule has 1 saturated heterocycles. The van der Waals surface area contributed by atoms with Gasteiger partial charge in [0, 0.05) is 7.05 Å². The van der Waals surface area contributed by atoms with Crippen LogP contribution in [-0.4, -0.2) is 49.7 Å². The average Bonchev–Trinajstić information content (AvgIpc) is 2.70. The molecule has 112 valence electrons. The summed E-state index contributed by atoms with van der Waals surface area (Å²) in [6.45, 7) is 3.70. The third-order valence-electron chi connectivity index (χ3n) is 2.77. The number of nitrogens with two attached hydrogens (primary N) is 1. The van der Waals surface area contributed by atoms with Crippen LogP contribution in [0.4, 0.5) is 0 Å². The second-order valence-electron chi connectivity index (χ2n) is 4.59. The Morgan fingerprint density at radius 1 is 1.47 bits per heavy atom. The van der Waals surface area contributed by atoms with E-state index in [2.05, 4.69) is 15.5 Å². The van der Waals surface area contributed by atoms with Crippen molar-refractivity contribution >= 4 is 27.7 Å². The van der Waals surface area contributed by atoms with Crippen molar-refractivity contribution in [3.05, 3.63) is 0 Å². The first-order chi connectivity index (χ1) is 8.69. The number of carbonyl (C=O) groups is 1. The summed E-state index contributed by atoms with van der Waals surface area (Å²) in [7, 11) is -0.456. The Bertz CT molecular complexity index is 428. The molecule has 0 saturated carbocycles. The number of nitrogens with one attached hydrogen (secondary N) is 3. The lowest BCUT2D eigenvalue weighted by molar-refractivity contribution is -0.124. The van der Waals surface area contributed by atoms with Gasteiger partial charge in [-0.3, -0.25) is 4.79 Å². The molecule has 1 aliphatic heterocycles. The first-order valence-electron chi connectivity index (χ1n) is 5.82. The van der Waals surface area contributed by atoms with Crippen molar-refractivity contribution in [2.24, 2.45) is 11.7 Å². The van der Waals surface area contributed by atoms with Gasteiger partial charge in [-0.2, -0.15) is 0 Å². The summed E-state index contributed by atoms with van der Waals surface area (Å²) in [6.07, 6.45) is 0. The van der Waals surface area contributed by atoms with Crippen LogP contribution in [0.3, 0.4) is 0 Å². The number of amides is 1. The number of hydrazine groups is 1. The largest absolute Gasteiger partial charge is 0.329 e. The number of thioether (sulfide) groups is 1. The van der Waals surface area contributed by atoms with Crippen LogP contribution in [0.5, 0.6) is 0 Å². The highest BCUT2D eigenvalue weighted by Crippen LogP contribution is 2.26. The number of hydrogen-bond acceptors (Lipinski definition) is 7. The molecular weight excluding hydrogens is 290 g/mol. The minimum atomic E-state index is -3.46. The summed E-state index contributed by atoms with van der Waals surface area (Å²) < 4.78 is 24.7. The highest BCUT2D eigenvalue weighted by Gasteiger charge is 2.38. The zero-order valence-electron chi connectivity index (χ0n) is 11.4. The Morgan fingerprint density at radius 2 is 2.05 bits per heavy atom. The minimum Gasteiger partial charge on any atom is -0.329 e. The molecule has 0 radical (unpaired) electrons. The van der Waals surface area contributed by atoms with E-state index < -0.39 is 26.3 Å². The van der Waals surface area contributed by atoms with Gasteiger partial charge in [-0.25, -0.2) is 23.6 Å². The van der Waals surface area contributed by atoms with Gasteiger partial charge in [0.05, 0.1) is 6.04 Å². The van der Waals surface area contributed by atoms with Crippen molar-refractivity contribution in [2.45, 2.75) is 30.1 Å². The van der Waals surface area contributed by atoms with E-state index in [1.807, 2.05) is 13.8 Å². The number of carbonyl (C=O) groups excluding carboxylic acids is 1. The first-order valence-corrected chi connectivity index (χ1v) is 8.30. The quantitative estimate of drug-likeness (QED) is 0.482. The van der Waals surface area contributed by atoms with Crippen molar-refractivity contribution in [2.75, 3.05) is 14.1 Å². The first kappa shape index (κ1) is 16.7. The van der Waals surface area contributed by atoms with Crippen molar-refractivity contribution in [1.82, 2.24) is 20.5 Å². The molecule has 8 nitrogen and oxygen atoms in total. The van der Waals surface area contributed by atoms with E-state index in [4.69, 9.17) is 5.73 Å². The van der Waals surface area contributed by atoms with Crippen molar-refractivity contribution in [3.8, 4) is 0 Å². The molecule has 1 heterocycles. The van der Waals surface area contributed by atoms with Gasteiger partial charge in [0.15, 0.2) is 4.71 Å². The molecule has 0 aromatic rings. The maximum atomic E-state index is 11.8. The average molecular weight is 311 g/mol. The normalized spacial score (nSPS) is 26.6. The van der Waals surface area contributed by atoms with Crippen LogP contribution in [-0.2, 0) is 14.8 Å². The van der Waals surface area contributed by atoms with Gasteiger partial charge < -0.3 is 11.1 Å². The van der Waals surface area contributed by atoms with Crippen LogP contribution < -0.4 is 21.2 Å². The lowest BCUT2D eigenvalue weighted by Gasteiger charge is -2.22. The third kappa shape index (κ3) is 4.04. The second kappa shape index (κ2) is 6.37. The monoisotopic (exact) mass is 311 g/mol. The molecule has 0 aromatic heterocycles. The number of nitrogens with zero attached hydrogens (tertiary/aromatic N) is 1. The van der Waals surface area contributed by atoms with E-state index in [-0.39, 0.29) is 11.8 Å². The fourth-order valence-electron chi connectivity index (χ4n) is 1.37. The summed E-state index contributed by atoms with van der Waals surface area (Å²) in [5, 5.41) is 4.24. The minimum absolute atomic E-state index is 0.0153. The molecule has 0 aromatic carbocycles. The third-order valence-corrected chi connectivity index (χ3v) is 6.14. The molecule has 1 rings (SSSR count). The van der Waals surface area contributed by atoms with Crippen molar-refractivity contribution in [1.29, 1.82) is 0 Å². The summed E-state index contributed by atoms with van der Waals surface area (Å²) >= 11 is 1.08. The van der Waals surface area contributed by atoms with E-state index in [1.54, 1.807) is 7.05 Å². The van der Waals surface area contributed by atoms with E-state index in [0.29, 0.717) is 0 Å². The standard InChI is InChI=1S/C9H21N5O3S2/c1-5(2)6(10)7(15)12-8-14(4)13-9(18-8)19(16,17)11-3/h5-6,8-9,11,13H,10H2,1-4H3,(H,12,15)/t6-,8?,9?/m0/s1.